The normalized spacial score (nSPS) is 13.9. The second-order valence-electron chi connectivity index (χ2n) is 10.7. The minimum Gasteiger partial charge on any atom is -0.492 e. The number of aromatic amines is 1. The van der Waals surface area contributed by atoms with Crippen LogP contribution in [0.3, 0.4) is 0 Å². The van der Waals surface area contributed by atoms with E-state index >= 15 is 0 Å². The Morgan fingerprint density at radius 1 is 1.08 bits per heavy atom. The number of aryl methyl sites for hydroxylation is 1. The molecule has 6 nitrogen and oxygen atoms in total. The van der Waals surface area contributed by atoms with Gasteiger partial charge in [-0.2, -0.15) is 0 Å². The van der Waals surface area contributed by atoms with Crippen LogP contribution in [0.1, 0.15) is 49.3 Å². The Morgan fingerprint density at radius 2 is 1.89 bits per heavy atom. The molecule has 1 saturated heterocycles. The minimum absolute atomic E-state index is 0.101. The van der Waals surface area contributed by atoms with E-state index in [-0.39, 0.29) is 5.56 Å². The number of hydrogen-bond donors (Lipinski definition) is 1. The number of rotatable bonds is 10. The number of H-pyrrole nitrogens is 1. The molecule has 0 saturated carbocycles. The number of ether oxygens (including phenoxy) is 1. The Kier molecular flexibility index (Phi) is 8.08. The topological polar surface area (TPSA) is 71.4 Å². The maximum Gasteiger partial charge on any atom is 0.255 e. The lowest BCUT2D eigenvalue weighted by molar-refractivity contribution is 0.237. The summed E-state index contributed by atoms with van der Waals surface area (Å²) in [5, 5.41) is 0. The molecule has 198 valence electrons. The number of hydrogen-bond acceptors (Lipinski definition) is 5. The third kappa shape index (κ3) is 6.43. The SMILES string of the molecule is Cc1ccc(OCCN2CCCC2)cc1Cc1ncc(-c2cc(CC(C)C)cc(-c3ccc[nH]c3=O)c2)o1. The van der Waals surface area contributed by atoms with Gasteiger partial charge in [-0.05, 0) is 104 Å². The van der Waals surface area contributed by atoms with Crippen LogP contribution in [0.25, 0.3) is 22.5 Å². The zero-order valence-corrected chi connectivity index (χ0v) is 22.6. The molecule has 0 bridgehead atoms. The van der Waals surface area contributed by atoms with Gasteiger partial charge < -0.3 is 14.1 Å². The molecule has 0 atom stereocenters. The molecule has 2 aromatic carbocycles. The van der Waals surface area contributed by atoms with Gasteiger partial charge in [-0.15, -0.1) is 0 Å². The number of likely N-dealkylation sites (tertiary alicyclic amines) is 1. The van der Waals surface area contributed by atoms with Crippen LogP contribution in [0, 0.1) is 12.8 Å². The lowest BCUT2D eigenvalue weighted by atomic mass is 9.95. The molecule has 0 unspecified atom stereocenters. The first kappa shape index (κ1) is 26.0. The monoisotopic (exact) mass is 511 g/mol. The molecule has 4 aromatic rings. The predicted octanol–water partition coefficient (Wildman–Crippen LogP) is 6.27. The first-order chi connectivity index (χ1) is 18.4. The average molecular weight is 512 g/mol. The van der Waals surface area contributed by atoms with Gasteiger partial charge in [-0.3, -0.25) is 9.69 Å². The third-order valence-corrected chi connectivity index (χ3v) is 7.14. The van der Waals surface area contributed by atoms with E-state index in [1.165, 1.54) is 37.1 Å². The maximum atomic E-state index is 12.5. The largest absolute Gasteiger partial charge is 0.492 e. The van der Waals surface area contributed by atoms with Crippen LogP contribution in [0.2, 0.25) is 0 Å². The number of pyridine rings is 1. The fourth-order valence-electron chi connectivity index (χ4n) is 5.14. The van der Waals surface area contributed by atoms with E-state index in [0.717, 1.165) is 35.4 Å². The van der Waals surface area contributed by atoms with E-state index in [2.05, 4.69) is 59.9 Å². The molecule has 3 heterocycles. The van der Waals surface area contributed by atoms with Crippen LogP contribution in [0.15, 0.2) is 70.1 Å². The summed E-state index contributed by atoms with van der Waals surface area (Å²) < 4.78 is 12.3. The van der Waals surface area contributed by atoms with E-state index in [1.54, 1.807) is 12.4 Å². The van der Waals surface area contributed by atoms with Gasteiger partial charge in [0, 0.05) is 30.3 Å². The van der Waals surface area contributed by atoms with E-state index in [4.69, 9.17) is 9.15 Å². The molecule has 1 N–H and O–H groups in total. The number of aromatic nitrogens is 2. The van der Waals surface area contributed by atoms with Crippen molar-refractivity contribution in [2.75, 3.05) is 26.2 Å². The lowest BCUT2D eigenvalue weighted by Crippen LogP contribution is -2.25. The summed E-state index contributed by atoms with van der Waals surface area (Å²) in [4.78, 5) is 22.3. The van der Waals surface area contributed by atoms with E-state index in [9.17, 15) is 4.79 Å². The van der Waals surface area contributed by atoms with Crippen molar-refractivity contribution in [2.45, 2.75) is 46.5 Å². The molecule has 0 aliphatic carbocycles. The summed E-state index contributed by atoms with van der Waals surface area (Å²) >= 11 is 0. The molecule has 1 aliphatic rings. The quantitative estimate of drug-likeness (QED) is 0.272. The van der Waals surface area contributed by atoms with Crippen molar-refractivity contribution in [1.29, 1.82) is 0 Å². The molecule has 0 spiro atoms. The van der Waals surface area contributed by atoms with Gasteiger partial charge in [-0.25, -0.2) is 4.98 Å². The standard InChI is InChI=1S/C32H37N3O3/c1-22(2)15-24-16-26(29-7-6-10-33-32(29)36)18-27(17-24)30-21-34-31(38-30)20-25-19-28(9-8-23(25)3)37-14-13-35-11-4-5-12-35/h6-10,16-19,21-22H,4-5,11-15,20H2,1-3H3,(H,33,36). The molecule has 1 aliphatic heterocycles. The Hall–Kier alpha value is -3.64. The molecule has 0 amide bonds. The number of nitrogens with one attached hydrogen (secondary N) is 1. The zero-order chi connectivity index (χ0) is 26.5. The van der Waals surface area contributed by atoms with Gasteiger partial charge >= 0.3 is 0 Å². The molecule has 1 fully saturated rings. The zero-order valence-electron chi connectivity index (χ0n) is 22.6. The minimum atomic E-state index is -0.101. The summed E-state index contributed by atoms with van der Waals surface area (Å²) in [6.45, 7) is 10.5. The molecule has 5 rings (SSSR count). The fraction of sp³-hybridized carbons (Fsp3) is 0.375. The van der Waals surface area contributed by atoms with E-state index in [1.807, 2.05) is 24.3 Å². The summed E-state index contributed by atoms with van der Waals surface area (Å²) in [7, 11) is 0. The molecular weight excluding hydrogens is 474 g/mol. The van der Waals surface area contributed by atoms with Crippen molar-refractivity contribution < 1.29 is 9.15 Å². The summed E-state index contributed by atoms with van der Waals surface area (Å²) in [5.74, 6) is 2.74. The first-order valence-electron chi connectivity index (χ1n) is 13.7. The smallest absolute Gasteiger partial charge is 0.255 e. The third-order valence-electron chi connectivity index (χ3n) is 7.14. The van der Waals surface area contributed by atoms with Crippen LogP contribution in [0.4, 0.5) is 0 Å². The molecule has 6 heteroatoms. The van der Waals surface area contributed by atoms with Crippen molar-refractivity contribution in [3.8, 4) is 28.2 Å². The van der Waals surface area contributed by atoms with Crippen molar-refractivity contribution in [3.05, 3.63) is 93.9 Å². The summed E-state index contributed by atoms with van der Waals surface area (Å²) in [6.07, 6.45) is 7.53. The fourth-order valence-corrected chi connectivity index (χ4v) is 5.14. The molecule has 38 heavy (non-hydrogen) atoms. The van der Waals surface area contributed by atoms with Crippen molar-refractivity contribution in [2.24, 2.45) is 5.92 Å². The van der Waals surface area contributed by atoms with Gasteiger partial charge in [0.25, 0.3) is 5.56 Å². The van der Waals surface area contributed by atoms with Crippen LogP contribution >= 0.6 is 0 Å². The number of benzene rings is 2. The molecule has 0 radical (unpaired) electrons. The van der Waals surface area contributed by atoms with Crippen molar-refractivity contribution >= 4 is 0 Å². The highest BCUT2D eigenvalue weighted by molar-refractivity contribution is 5.71. The highest BCUT2D eigenvalue weighted by atomic mass is 16.5. The van der Waals surface area contributed by atoms with Crippen LogP contribution < -0.4 is 10.3 Å². The van der Waals surface area contributed by atoms with Gasteiger partial charge in [0.1, 0.15) is 12.4 Å². The van der Waals surface area contributed by atoms with Crippen molar-refractivity contribution in [1.82, 2.24) is 14.9 Å². The predicted molar refractivity (Wildman–Crippen MR) is 152 cm³/mol. The Bertz CT molecular complexity index is 1430. The van der Waals surface area contributed by atoms with Gasteiger partial charge in [-0.1, -0.05) is 26.0 Å². The summed E-state index contributed by atoms with van der Waals surface area (Å²) in [6, 6.07) is 16.2. The molecule has 2 aromatic heterocycles. The highest BCUT2D eigenvalue weighted by Gasteiger charge is 2.15. The Labute approximate surface area is 224 Å². The first-order valence-corrected chi connectivity index (χ1v) is 13.7. The average Bonchev–Trinajstić information content (AvgIpc) is 3.58. The van der Waals surface area contributed by atoms with Crippen LogP contribution in [0.5, 0.6) is 5.75 Å². The van der Waals surface area contributed by atoms with E-state index in [0.29, 0.717) is 36.2 Å². The maximum absolute atomic E-state index is 12.5. The van der Waals surface area contributed by atoms with E-state index < -0.39 is 0 Å². The van der Waals surface area contributed by atoms with Crippen LogP contribution in [-0.2, 0) is 12.8 Å². The lowest BCUT2D eigenvalue weighted by Gasteiger charge is -2.15. The number of nitrogens with zero attached hydrogens (tertiary/aromatic N) is 2. The highest BCUT2D eigenvalue weighted by Crippen LogP contribution is 2.30. The van der Waals surface area contributed by atoms with Gasteiger partial charge in [0.2, 0.25) is 0 Å². The van der Waals surface area contributed by atoms with Crippen molar-refractivity contribution in [3.63, 3.8) is 0 Å². The van der Waals surface area contributed by atoms with Gasteiger partial charge in [0.15, 0.2) is 11.7 Å². The molecular formula is C32H37N3O3. The van der Waals surface area contributed by atoms with Crippen LogP contribution in [-0.4, -0.2) is 41.1 Å². The second-order valence-corrected chi connectivity index (χ2v) is 10.7. The summed E-state index contributed by atoms with van der Waals surface area (Å²) in [5.41, 5.74) is 5.85. The second kappa shape index (κ2) is 11.8. The number of oxazole rings is 1. The van der Waals surface area contributed by atoms with Gasteiger partial charge in [0.05, 0.1) is 6.20 Å². The Morgan fingerprint density at radius 3 is 2.68 bits per heavy atom. The Balaban J connectivity index is 1.35.